The number of carbonyl (C=O) groups excluding carboxylic acids is 2. The monoisotopic (exact) mass is 380 g/mol. The standard InChI is InChI=1S/C21H32O4S/c1-5-8-9-10-13-16-24-19(22)21(6-2,7-3)20(23)25-17-14-11-12-15-18(17)26-4/h11-12,14-15H,5-10,13,16H2,1-4H3. The number of rotatable bonds is 12. The Kier molecular flexibility index (Phi) is 10.4. The van der Waals surface area contributed by atoms with Crippen molar-refractivity contribution in [3.8, 4) is 5.75 Å². The van der Waals surface area contributed by atoms with Crippen LogP contribution in [0, 0.1) is 5.41 Å². The molecule has 0 spiro atoms. The molecule has 26 heavy (non-hydrogen) atoms. The molecule has 0 aliphatic carbocycles. The van der Waals surface area contributed by atoms with E-state index < -0.39 is 17.4 Å². The number of hydrogen-bond donors (Lipinski definition) is 0. The van der Waals surface area contributed by atoms with Gasteiger partial charge in [-0.25, -0.2) is 0 Å². The Morgan fingerprint density at radius 3 is 2.23 bits per heavy atom. The van der Waals surface area contributed by atoms with E-state index in [-0.39, 0.29) is 0 Å². The van der Waals surface area contributed by atoms with E-state index in [1.807, 2.05) is 38.3 Å². The van der Waals surface area contributed by atoms with Gasteiger partial charge in [-0.05, 0) is 37.7 Å². The van der Waals surface area contributed by atoms with Crippen molar-refractivity contribution in [1.29, 1.82) is 0 Å². The van der Waals surface area contributed by atoms with E-state index in [1.54, 1.807) is 6.07 Å². The van der Waals surface area contributed by atoms with Gasteiger partial charge in [0.2, 0.25) is 0 Å². The topological polar surface area (TPSA) is 52.6 Å². The lowest BCUT2D eigenvalue weighted by molar-refractivity contribution is -0.168. The summed E-state index contributed by atoms with van der Waals surface area (Å²) in [5, 5.41) is 0. The molecule has 0 bridgehead atoms. The van der Waals surface area contributed by atoms with Crippen molar-refractivity contribution in [2.75, 3.05) is 12.9 Å². The number of thioether (sulfide) groups is 1. The summed E-state index contributed by atoms with van der Waals surface area (Å²) in [5.74, 6) is -0.506. The van der Waals surface area contributed by atoms with Crippen molar-refractivity contribution in [3.63, 3.8) is 0 Å². The first-order chi connectivity index (χ1) is 12.6. The quantitative estimate of drug-likeness (QED) is 0.155. The molecule has 1 aromatic rings. The van der Waals surface area contributed by atoms with Gasteiger partial charge >= 0.3 is 11.9 Å². The summed E-state index contributed by atoms with van der Waals surface area (Å²) in [7, 11) is 0. The Balaban J connectivity index is 2.74. The Bertz CT molecular complexity index is 567. The summed E-state index contributed by atoms with van der Waals surface area (Å²) < 4.78 is 11.0. The molecule has 0 aliphatic rings. The van der Waals surface area contributed by atoms with Crippen molar-refractivity contribution in [2.45, 2.75) is 70.6 Å². The third kappa shape index (κ3) is 6.04. The average molecular weight is 381 g/mol. The van der Waals surface area contributed by atoms with Gasteiger partial charge in [-0.3, -0.25) is 9.59 Å². The lowest BCUT2D eigenvalue weighted by Crippen LogP contribution is -2.42. The van der Waals surface area contributed by atoms with Gasteiger partial charge in [-0.1, -0.05) is 58.6 Å². The predicted octanol–water partition coefficient (Wildman–Crippen LogP) is 5.63. The number of carbonyl (C=O) groups is 2. The van der Waals surface area contributed by atoms with Crippen LogP contribution in [-0.4, -0.2) is 24.8 Å². The highest BCUT2D eigenvalue weighted by atomic mass is 32.2. The highest BCUT2D eigenvalue weighted by molar-refractivity contribution is 7.98. The largest absolute Gasteiger partial charge is 0.465 e. The minimum atomic E-state index is -1.24. The molecule has 0 heterocycles. The number of benzene rings is 1. The zero-order valence-corrected chi connectivity index (χ0v) is 17.3. The predicted molar refractivity (Wildman–Crippen MR) is 107 cm³/mol. The van der Waals surface area contributed by atoms with Crippen LogP contribution >= 0.6 is 11.8 Å². The molecule has 0 fully saturated rings. The second kappa shape index (κ2) is 12.0. The number of esters is 2. The summed E-state index contributed by atoms with van der Waals surface area (Å²) in [5.41, 5.74) is -1.24. The van der Waals surface area contributed by atoms with Gasteiger partial charge in [0.05, 0.1) is 6.61 Å². The third-order valence-electron chi connectivity index (χ3n) is 4.74. The summed E-state index contributed by atoms with van der Waals surface area (Å²) in [4.78, 5) is 26.4. The van der Waals surface area contributed by atoms with E-state index in [9.17, 15) is 9.59 Å². The zero-order chi connectivity index (χ0) is 19.4. The van der Waals surface area contributed by atoms with Crippen LogP contribution in [0.25, 0.3) is 0 Å². The lowest BCUT2D eigenvalue weighted by atomic mass is 9.82. The number of unbranched alkanes of at least 4 members (excludes halogenated alkanes) is 4. The Morgan fingerprint density at radius 1 is 0.962 bits per heavy atom. The highest BCUT2D eigenvalue weighted by Gasteiger charge is 2.46. The lowest BCUT2D eigenvalue weighted by Gasteiger charge is -2.27. The van der Waals surface area contributed by atoms with Crippen LogP contribution in [0.5, 0.6) is 5.75 Å². The highest BCUT2D eigenvalue weighted by Crippen LogP contribution is 2.34. The Hall–Kier alpha value is -1.49. The third-order valence-corrected chi connectivity index (χ3v) is 5.52. The van der Waals surface area contributed by atoms with Gasteiger partial charge in [0.1, 0.15) is 5.75 Å². The molecular formula is C21H32O4S. The van der Waals surface area contributed by atoms with E-state index in [0.29, 0.717) is 25.2 Å². The van der Waals surface area contributed by atoms with Crippen molar-refractivity contribution < 1.29 is 19.1 Å². The van der Waals surface area contributed by atoms with Gasteiger partial charge in [0.15, 0.2) is 5.41 Å². The SMILES string of the molecule is CCCCCCCOC(=O)C(CC)(CC)C(=O)Oc1ccccc1SC. The molecule has 0 radical (unpaired) electrons. The number of para-hydroxylation sites is 1. The summed E-state index contributed by atoms with van der Waals surface area (Å²) in [6.45, 7) is 6.18. The number of ether oxygens (including phenoxy) is 2. The molecular weight excluding hydrogens is 348 g/mol. The van der Waals surface area contributed by atoms with Gasteiger partial charge in [0.25, 0.3) is 0 Å². The molecule has 1 aromatic carbocycles. The maximum Gasteiger partial charge on any atom is 0.328 e. The second-order valence-electron chi connectivity index (χ2n) is 6.38. The molecule has 4 nitrogen and oxygen atoms in total. The first-order valence-electron chi connectivity index (χ1n) is 9.58. The van der Waals surface area contributed by atoms with Gasteiger partial charge in [-0.2, -0.15) is 0 Å². The zero-order valence-electron chi connectivity index (χ0n) is 16.5. The maximum atomic E-state index is 12.8. The molecule has 5 heteroatoms. The van der Waals surface area contributed by atoms with E-state index in [2.05, 4.69) is 6.92 Å². The normalized spacial score (nSPS) is 11.2. The molecule has 146 valence electrons. The maximum absolute atomic E-state index is 12.8. The average Bonchev–Trinajstić information content (AvgIpc) is 2.66. The van der Waals surface area contributed by atoms with E-state index in [4.69, 9.17) is 9.47 Å². The first kappa shape index (κ1) is 22.6. The summed E-state index contributed by atoms with van der Waals surface area (Å²) >= 11 is 1.50. The molecule has 0 aromatic heterocycles. The van der Waals surface area contributed by atoms with Gasteiger partial charge in [-0.15, -0.1) is 11.8 Å². The van der Waals surface area contributed by atoms with Crippen LogP contribution in [0.1, 0.15) is 65.7 Å². The fourth-order valence-corrected chi connectivity index (χ4v) is 3.35. The molecule has 0 unspecified atom stereocenters. The fraction of sp³-hybridized carbons (Fsp3) is 0.619. The van der Waals surface area contributed by atoms with Gasteiger partial charge < -0.3 is 9.47 Å². The molecule has 0 N–H and O–H groups in total. The van der Waals surface area contributed by atoms with Crippen molar-refractivity contribution >= 4 is 23.7 Å². The van der Waals surface area contributed by atoms with Crippen LogP contribution in [-0.2, 0) is 14.3 Å². The van der Waals surface area contributed by atoms with Crippen molar-refractivity contribution in [1.82, 2.24) is 0 Å². The molecule has 0 atom stereocenters. The van der Waals surface area contributed by atoms with Crippen LogP contribution in [0.4, 0.5) is 0 Å². The van der Waals surface area contributed by atoms with Crippen molar-refractivity contribution in [2.24, 2.45) is 5.41 Å². The molecule has 0 aliphatic heterocycles. The van der Waals surface area contributed by atoms with Crippen LogP contribution < -0.4 is 4.74 Å². The van der Waals surface area contributed by atoms with Crippen LogP contribution in [0.15, 0.2) is 29.2 Å². The molecule has 0 saturated carbocycles. The Labute approximate surface area is 162 Å². The fourth-order valence-electron chi connectivity index (χ4n) is 2.82. The molecule has 0 saturated heterocycles. The van der Waals surface area contributed by atoms with Crippen LogP contribution in [0.3, 0.4) is 0 Å². The number of hydrogen-bond acceptors (Lipinski definition) is 5. The second-order valence-corrected chi connectivity index (χ2v) is 7.23. The summed E-state index contributed by atoms with van der Waals surface area (Å²) in [6, 6.07) is 7.35. The Morgan fingerprint density at radius 2 is 1.62 bits per heavy atom. The van der Waals surface area contributed by atoms with E-state index in [0.717, 1.165) is 24.2 Å². The minimum Gasteiger partial charge on any atom is -0.465 e. The van der Waals surface area contributed by atoms with Crippen molar-refractivity contribution in [3.05, 3.63) is 24.3 Å². The molecule has 1 rings (SSSR count). The van der Waals surface area contributed by atoms with E-state index in [1.165, 1.54) is 24.6 Å². The van der Waals surface area contributed by atoms with Crippen LogP contribution in [0.2, 0.25) is 0 Å². The minimum absolute atomic E-state index is 0.360. The van der Waals surface area contributed by atoms with E-state index >= 15 is 0 Å². The molecule has 0 amide bonds. The smallest absolute Gasteiger partial charge is 0.328 e. The summed E-state index contributed by atoms with van der Waals surface area (Å²) in [6.07, 6.45) is 8.04. The first-order valence-corrected chi connectivity index (χ1v) is 10.8. The van der Waals surface area contributed by atoms with Gasteiger partial charge in [0, 0.05) is 4.90 Å².